The van der Waals surface area contributed by atoms with Crippen LogP contribution in [0.2, 0.25) is 5.02 Å². The van der Waals surface area contributed by atoms with Crippen molar-refractivity contribution in [2.75, 3.05) is 12.3 Å². The number of hydrogen-bond donors (Lipinski definition) is 1. The van der Waals surface area contributed by atoms with E-state index in [0.717, 1.165) is 34.6 Å². The van der Waals surface area contributed by atoms with Crippen LogP contribution >= 0.6 is 23.4 Å². The Bertz CT molecular complexity index is 1110. The molecule has 0 fully saturated rings. The highest BCUT2D eigenvalue weighted by Crippen LogP contribution is 2.22. The first-order valence-electron chi connectivity index (χ1n) is 12.7. The van der Waals surface area contributed by atoms with Gasteiger partial charge in [0.1, 0.15) is 11.9 Å². The predicted molar refractivity (Wildman–Crippen MR) is 150 cm³/mol. The lowest BCUT2D eigenvalue weighted by atomic mass is 10.0. The molecule has 1 N–H and O–H groups in total. The van der Waals surface area contributed by atoms with Gasteiger partial charge >= 0.3 is 0 Å². The van der Waals surface area contributed by atoms with E-state index >= 15 is 0 Å². The molecule has 0 heterocycles. The third kappa shape index (κ3) is 9.86. The van der Waals surface area contributed by atoms with E-state index in [2.05, 4.69) is 12.2 Å². The minimum Gasteiger partial charge on any atom is -0.354 e. The van der Waals surface area contributed by atoms with Crippen molar-refractivity contribution in [3.8, 4) is 0 Å². The molecule has 0 aliphatic carbocycles. The fraction of sp³-hybridized carbons (Fsp3) is 0.333. The predicted octanol–water partition coefficient (Wildman–Crippen LogP) is 6.91. The molecule has 0 aromatic heterocycles. The Labute approximate surface area is 228 Å². The summed E-state index contributed by atoms with van der Waals surface area (Å²) in [4.78, 5) is 29.7. The van der Waals surface area contributed by atoms with Crippen molar-refractivity contribution >= 4 is 35.2 Å². The Morgan fingerprint density at radius 1 is 0.946 bits per heavy atom. The summed E-state index contributed by atoms with van der Waals surface area (Å²) in [6.07, 6.45) is 3.23. The van der Waals surface area contributed by atoms with Crippen molar-refractivity contribution in [1.29, 1.82) is 0 Å². The first kappa shape index (κ1) is 28.7. The molecule has 0 bridgehead atoms. The average molecular weight is 541 g/mol. The summed E-state index contributed by atoms with van der Waals surface area (Å²) in [6.45, 7) is 2.87. The number of nitrogens with zero attached hydrogens (tertiary/aromatic N) is 1. The molecule has 37 heavy (non-hydrogen) atoms. The molecule has 0 aliphatic rings. The van der Waals surface area contributed by atoms with Gasteiger partial charge in [-0.15, -0.1) is 11.8 Å². The third-order valence-corrected chi connectivity index (χ3v) is 7.33. The second-order valence-corrected chi connectivity index (χ2v) is 10.5. The summed E-state index contributed by atoms with van der Waals surface area (Å²) in [5.41, 5.74) is 1.76. The smallest absolute Gasteiger partial charge is 0.243 e. The number of unbranched alkanes of at least 4 members (excludes halogenated alkanes) is 1. The summed E-state index contributed by atoms with van der Waals surface area (Å²) >= 11 is 7.63. The van der Waals surface area contributed by atoms with Gasteiger partial charge in [0, 0.05) is 35.8 Å². The highest BCUT2D eigenvalue weighted by molar-refractivity contribution is 7.99. The standard InChI is InChI=1S/C30H34ClFN2O2S/c1-2-3-19-33-30(36)28(21-23-8-5-4-6-9-23)34(22-24-11-15-26(32)16-12-24)29(35)10-7-20-37-27-17-13-25(31)14-18-27/h4-6,8-9,11-18,28H,2-3,7,10,19-22H2,1H3,(H,33,36). The van der Waals surface area contributed by atoms with Gasteiger partial charge in [0.2, 0.25) is 11.8 Å². The van der Waals surface area contributed by atoms with Crippen LogP contribution in [-0.4, -0.2) is 35.1 Å². The number of hydrogen-bond acceptors (Lipinski definition) is 3. The number of rotatable bonds is 14. The van der Waals surface area contributed by atoms with Gasteiger partial charge in [0.05, 0.1) is 0 Å². The van der Waals surface area contributed by atoms with Gasteiger partial charge < -0.3 is 10.2 Å². The zero-order chi connectivity index (χ0) is 26.5. The van der Waals surface area contributed by atoms with Gasteiger partial charge in [-0.3, -0.25) is 9.59 Å². The Hall–Kier alpha value is -2.83. The quantitative estimate of drug-likeness (QED) is 0.178. The van der Waals surface area contributed by atoms with E-state index in [1.54, 1.807) is 28.8 Å². The fourth-order valence-corrected chi connectivity index (χ4v) is 4.91. The minimum atomic E-state index is -0.666. The molecule has 7 heteroatoms. The van der Waals surface area contributed by atoms with Crippen molar-refractivity contribution in [2.45, 2.75) is 56.5 Å². The lowest BCUT2D eigenvalue weighted by Gasteiger charge is -2.31. The van der Waals surface area contributed by atoms with E-state index in [1.165, 1.54) is 12.1 Å². The van der Waals surface area contributed by atoms with Gasteiger partial charge in [-0.1, -0.05) is 67.4 Å². The summed E-state index contributed by atoms with van der Waals surface area (Å²) in [6, 6.07) is 22.8. The van der Waals surface area contributed by atoms with Gasteiger partial charge in [-0.2, -0.15) is 0 Å². The highest BCUT2D eigenvalue weighted by atomic mass is 35.5. The van der Waals surface area contributed by atoms with E-state index in [0.29, 0.717) is 30.8 Å². The molecule has 0 saturated carbocycles. The van der Waals surface area contributed by atoms with Gasteiger partial charge in [0.15, 0.2) is 0 Å². The number of amides is 2. The van der Waals surface area contributed by atoms with Crippen LogP contribution in [0.5, 0.6) is 0 Å². The van der Waals surface area contributed by atoms with Crippen LogP contribution in [0.25, 0.3) is 0 Å². The monoisotopic (exact) mass is 540 g/mol. The number of carbonyl (C=O) groups is 2. The summed E-state index contributed by atoms with van der Waals surface area (Å²) in [7, 11) is 0. The maximum atomic E-state index is 13.6. The first-order valence-corrected chi connectivity index (χ1v) is 14.1. The van der Waals surface area contributed by atoms with Gasteiger partial charge in [-0.05, 0) is 66.1 Å². The average Bonchev–Trinajstić information content (AvgIpc) is 2.91. The van der Waals surface area contributed by atoms with Crippen LogP contribution in [0.3, 0.4) is 0 Å². The molecular weight excluding hydrogens is 507 g/mol. The lowest BCUT2D eigenvalue weighted by molar-refractivity contribution is -0.141. The van der Waals surface area contributed by atoms with Crippen molar-refractivity contribution in [2.24, 2.45) is 0 Å². The molecule has 0 aliphatic heterocycles. The molecule has 4 nitrogen and oxygen atoms in total. The lowest BCUT2D eigenvalue weighted by Crippen LogP contribution is -2.50. The largest absolute Gasteiger partial charge is 0.354 e. The zero-order valence-corrected chi connectivity index (χ0v) is 22.7. The second kappa shape index (κ2) is 15.4. The van der Waals surface area contributed by atoms with E-state index < -0.39 is 6.04 Å². The SMILES string of the molecule is CCCCNC(=O)C(Cc1ccccc1)N(Cc1ccc(F)cc1)C(=O)CCCSc1ccc(Cl)cc1. The third-order valence-electron chi connectivity index (χ3n) is 5.98. The Morgan fingerprint density at radius 3 is 2.32 bits per heavy atom. The summed E-state index contributed by atoms with van der Waals surface area (Å²) in [5.74, 6) is 0.180. The van der Waals surface area contributed by atoms with Gasteiger partial charge in [0.25, 0.3) is 0 Å². The molecule has 0 saturated heterocycles. The van der Waals surface area contributed by atoms with Crippen LogP contribution in [0.4, 0.5) is 4.39 Å². The Balaban J connectivity index is 1.76. The number of thioether (sulfide) groups is 1. The summed E-state index contributed by atoms with van der Waals surface area (Å²) < 4.78 is 13.5. The number of halogens is 2. The van der Waals surface area contributed by atoms with Gasteiger partial charge in [-0.25, -0.2) is 4.39 Å². The highest BCUT2D eigenvalue weighted by Gasteiger charge is 2.30. The molecule has 1 atom stereocenters. The van der Waals surface area contributed by atoms with E-state index in [-0.39, 0.29) is 24.2 Å². The van der Waals surface area contributed by atoms with Crippen LogP contribution in [0.15, 0.2) is 83.8 Å². The van der Waals surface area contributed by atoms with Crippen LogP contribution in [-0.2, 0) is 22.6 Å². The van der Waals surface area contributed by atoms with E-state index in [1.807, 2.05) is 54.6 Å². The zero-order valence-electron chi connectivity index (χ0n) is 21.2. The molecule has 0 radical (unpaired) electrons. The molecule has 196 valence electrons. The first-order chi connectivity index (χ1) is 18.0. The molecule has 3 aromatic rings. The van der Waals surface area contributed by atoms with E-state index in [9.17, 15) is 14.0 Å². The molecule has 3 rings (SSSR count). The molecule has 2 amide bonds. The maximum Gasteiger partial charge on any atom is 0.243 e. The van der Waals surface area contributed by atoms with Crippen LogP contribution in [0.1, 0.15) is 43.7 Å². The van der Waals surface area contributed by atoms with Crippen LogP contribution < -0.4 is 5.32 Å². The number of nitrogens with one attached hydrogen (secondary N) is 1. The molecule has 3 aromatic carbocycles. The number of benzene rings is 3. The van der Waals surface area contributed by atoms with Crippen molar-refractivity contribution in [1.82, 2.24) is 10.2 Å². The van der Waals surface area contributed by atoms with Crippen LogP contribution in [0, 0.1) is 5.82 Å². The Morgan fingerprint density at radius 2 is 1.65 bits per heavy atom. The molecular formula is C30H34ClFN2O2S. The normalized spacial score (nSPS) is 11.6. The summed E-state index contributed by atoms with van der Waals surface area (Å²) in [5, 5.41) is 3.71. The van der Waals surface area contributed by atoms with E-state index in [4.69, 9.17) is 11.6 Å². The van der Waals surface area contributed by atoms with Crippen molar-refractivity contribution in [3.63, 3.8) is 0 Å². The fourth-order valence-electron chi connectivity index (χ4n) is 3.93. The second-order valence-electron chi connectivity index (χ2n) is 8.90. The topological polar surface area (TPSA) is 49.4 Å². The molecule has 1 unspecified atom stereocenters. The minimum absolute atomic E-state index is 0.0902. The molecule has 0 spiro atoms. The Kier molecular flexibility index (Phi) is 12.0. The van der Waals surface area contributed by atoms with Crippen molar-refractivity contribution in [3.05, 3.63) is 101 Å². The number of carbonyl (C=O) groups excluding carboxylic acids is 2. The van der Waals surface area contributed by atoms with Crippen molar-refractivity contribution < 1.29 is 14.0 Å². The maximum absolute atomic E-state index is 13.6.